The molecule has 3 aromatic rings. The van der Waals surface area contributed by atoms with Crippen molar-refractivity contribution >= 4 is 35.9 Å². The first-order chi connectivity index (χ1) is 43.1. The van der Waals surface area contributed by atoms with Crippen LogP contribution in [0.25, 0.3) is 0 Å². The Kier molecular flexibility index (Phi) is 24.8. The number of benzene rings is 3. The number of unbranched alkanes of at least 4 members (excludes halogenated alkanes) is 3. The first kappa shape index (κ1) is 68.9. The fourth-order valence-corrected chi connectivity index (χ4v) is 30.8. The molecule has 0 aliphatic carbocycles. The monoisotopic (exact) mass is 1360 g/mol. The summed E-state index contributed by atoms with van der Waals surface area (Å²) in [5.74, 6) is -0.966. The quantitative estimate of drug-likeness (QED) is 0.0119. The van der Waals surface area contributed by atoms with Gasteiger partial charge in [0.25, 0.3) is 0 Å². The molecule has 0 bridgehead atoms. The summed E-state index contributed by atoms with van der Waals surface area (Å²) in [5, 5.41) is 0. The average molecular weight is 1360 g/mol. The van der Waals surface area contributed by atoms with Gasteiger partial charge in [-0.15, -0.1) is 6.58 Å². The number of hydrogen-bond donors (Lipinski definition) is 0. The molecule has 492 valence electrons. The Morgan fingerprint density at radius 2 is 1.39 bits per heavy atom. The number of carbonyl (C=O) groups excluding carboxylic acids is 1. The van der Waals surface area contributed by atoms with Gasteiger partial charge in [0.05, 0.1) is 37.6 Å². The molecule has 7 aliphatic rings. The molecule has 0 spiro atoms. The van der Waals surface area contributed by atoms with Gasteiger partial charge in [0.15, 0.2) is 6.29 Å². The number of ether oxygens (including phenoxy) is 13. The van der Waals surface area contributed by atoms with Gasteiger partial charge in [-0.05, 0) is 43.7 Å². The third kappa shape index (κ3) is 17.3. The summed E-state index contributed by atoms with van der Waals surface area (Å²) in [6.45, 7) is 21.8. The van der Waals surface area contributed by atoms with Crippen LogP contribution in [0.15, 0.2) is 116 Å². The molecule has 0 saturated carbocycles. The number of rotatable bonds is 30. The van der Waals surface area contributed by atoms with Gasteiger partial charge in [-0.2, -0.15) is 0 Å². The number of carbonyl (C=O) groups is 1. The van der Waals surface area contributed by atoms with Crippen LogP contribution in [0.3, 0.4) is 0 Å². The van der Waals surface area contributed by atoms with E-state index in [9.17, 15) is 4.79 Å². The Morgan fingerprint density at radius 1 is 0.730 bits per heavy atom. The van der Waals surface area contributed by atoms with Crippen molar-refractivity contribution in [2.75, 3.05) is 19.1 Å². The number of esters is 1. The summed E-state index contributed by atoms with van der Waals surface area (Å²) in [7, 11) is 0. The van der Waals surface area contributed by atoms with Crippen molar-refractivity contribution < 1.29 is 66.4 Å². The SMILES string of the molecule is C=C[C@@H]1O[C@@H]2C[C@@H]3O[C@@H]4CO[C@@H](c5ccccc5)O[C@H]4CC[C@H]3O[C@@]2(C)C[C@@]1(C)OC(C[C@H]1O[C@H]2C[C@H]3O[C@@H](CCCOCc4ccccc4)C[C@H](OCc4ccccc4)[C@]3(C)O[C@]2(C)C[C@@H]1O/C=C\[CH2][Sn]([CH2]CCC)([CH2]CCC)[CH2]CCC)OC(=O)CCl. The second-order valence-electron chi connectivity index (χ2n) is 27.6. The van der Waals surface area contributed by atoms with E-state index < -0.39 is 83.7 Å². The maximum atomic E-state index is 13.6. The zero-order chi connectivity index (χ0) is 62.5. The van der Waals surface area contributed by atoms with E-state index in [0.29, 0.717) is 58.5 Å². The Labute approximate surface area is 541 Å². The zero-order valence-corrected chi connectivity index (χ0v) is 58.1. The third-order valence-electron chi connectivity index (χ3n) is 20.6. The Morgan fingerprint density at radius 3 is 2.07 bits per heavy atom. The first-order valence-corrected chi connectivity index (χ1v) is 42.7. The van der Waals surface area contributed by atoms with E-state index in [1.807, 2.05) is 67.8 Å². The molecule has 0 aromatic heterocycles. The van der Waals surface area contributed by atoms with E-state index in [0.717, 1.165) is 46.8 Å². The summed E-state index contributed by atoms with van der Waals surface area (Å²) in [6, 6.07) is 30.7. The molecule has 0 radical (unpaired) electrons. The van der Waals surface area contributed by atoms with Crippen LogP contribution in [-0.2, 0) is 79.6 Å². The van der Waals surface area contributed by atoms with Gasteiger partial charge >= 0.3 is 311 Å². The van der Waals surface area contributed by atoms with Crippen LogP contribution in [0.2, 0.25) is 17.7 Å². The van der Waals surface area contributed by atoms with Crippen molar-refractivity contribution in [1.29, 1.82) is 0 Å². The van der Waals surface area contributed by atoms with Crippen molar-refractivity contribution in [2.24, 2.45) is 0 Å². The summed E-state index contributed by atoms with van der Waals surface area (Å²) in [6.07, 6.45) is 14.0. The molecule has 16 heteroatoms. The van der Waals surface area contributed by atoms with Crippen molar-refractivity contribution in [1.82, 2.24) is 0 Å². The van der Waals surface area contributed by atoms with E-state index in [1.54, 1.807) is 6.08 Å². The Balaban J connectivity index is 0.894. The van der Waals surface area contributed by atoms with E-state index in [4.69, 9.17) is 73.2 Å². The second kappa shape index (κ2) is 32.0. The van der Waals surface area contributed by atoms with Gasteiger partial charge < -0.3 is 23.7 Å². The standard InChI is InChI=1S/C61H78ClO14.3C4H9.Sn/c1-7-28-65-48-34-58(3)52(33-54-61(6,76-58)53(66-37-41-21-14-10-15-22-41)30-43(68-54)25-18-29-64-36-40-19-12-9-13-20-40)70-47(48)32-56(73-55(63)35-62)75-59(4)39-60(5)51(72-50(59)8-2)31-46-45(74-60)27-26-44-49(69-46)38-67-57(71-44)42-23-16-11-17-24-42;3*1-3-4-2;/h7-17,19-24,28,43-54,56-57H,1-2,18,25-27,29-39H2,3-6H3;3*1,3-4H2,2H3;/b28-7-;;;;/t43-,44-,45+,46-,47+,48-,49+,50-,51+,52-,53-,54+,56?,57+,58+,59+,60-,61-;;;;/m0..../s1. The molecule has 18 atom stereocenters. The number of alkyl halides is 1. The Bertz CT molecular complexity index is 2650. The minimum atomic E-state index is -2.59. The molecule has 0 amide bonds. The molecular formula is C73H105ClO14Sn. The Hall–Kier alpha value is -2.94. The van der Waals surface area contributed by atoms with Crippen LogP contribution < -0.4 is 0 Å². The van der Waals surface area contributed by atoms with Gasteiger partial charge in [-0.25, -0.2) is 0 Å². The van der Waals surface area contributed by atoms with Crippen molar-refractivity contribution in [3.05, 3.63) is 133 Å². The van der Waals surface area contributed by atoms with Crippen LogP contribution in [-0.4, -0.2) is 145 Å². The van der Waals surface area contributed by atoms with Crippen molar-refractivity contribution in [2.45, 2.75) is 290 Å². The van der Waals surface area contributed by atoms with Crippen LogP contribution in [0.5, 0.6) is 0 Å². The van der Waals surface area contributed by atoms with E-state index in [-0.39, 0.29) is 61.1 Å². The molecule has 10 rings (SSSR count). The van der Waals surface area contributed by atoms with E-state index >= 15 is 0 Å². The topological polar surface area (TPSA) is 137 Å². The van der Waals surface area contributed by atoms with E-state index in [1.165, 1.54) is 51.8 Å². The molecule has 0 N–H and O–H groups in total. The molecule has 7 saturated heterocycles. The zero-order valence-electron chi connectivity index (χ0n) is 54.5. The number of hydrogen-bond acceptors (Lipinski definition) is 14. The molecule has 7 aliphatic heterocycles. The van der Waals surface area contributed by atoms with Crippen LogP contribution in [0.4, 0.5) is 0 Å². The minimum absolute atomic E-state index is 0.0905. The molecule has 14 nitrogen and oxygen atoms in total. The van der Waals surface area contributed by atoms with Gasteiger partial charge in [-0.3, -0.25) is 0 Å². The average Bonchev–Trinajstić information content (AvgIpc) is 1.07. The molecule has 7 heterocycles. The molecule has 7 fully saturated rings. The molecule has 89 heavy (non-hydrogen) atoms. The summed E-state index contributed by atoms with van der Waals surface area (Å²) in [5.41, 5.74) is -0.266. The first-order valence-electron chi connectivity index (χ1n) is 34.1. The molecule has 3 aromatic carbocycles. The van der Waals surface area contributed by atoms with Crippen LogP contribution in [0, 0.1) is 0 Å². The van der Waals surface area contributed by atoms with Crippen molar-refractivity contribution in [3.8, 4) is 0 Å². The van der Waals surface area contributed by atoms with Gasteiger partial charge in [0.1, 0.15) is 6.10 Å². The predicted molar refractivity (Wildman–Crippen MR) is 347 cm³/mol. The van der Waals surface area contributed by atoms with Crippen LogP contribution >= 0.6 is 11.6 Å². The molecule has 1 unspecified atom stereocenters. The van der Waals surface area contributed by atoms with Gasteiger partial charge in [-0.1, -0.05) is 91.0 Å². The number of halogens is 1. The van der Waals surface area contributed by atoms with Crippen LogP contribution in [0.1, 0.15) is 174 Å². The third-order valence-corrected chi connectivity index (χ3v) is 36.1. The number of allylic oxidation sites excluding steroid dienone is 1. The maximum absolute atomic E-state index is 13.6. The fourth-order valence-electron chi connectivity index (χ4n) is 15.7. The predicted octanol–water partition coefficient (Wildman–Crippen LogP) is 15.4. The summed E-state index contributed by atoms with van der Waals surface area (Å²) >= 11 is 3.71. The summed E-state index contributed by atoms with van der Waals surface area (Å²) < 4.78 is 95.3. The van der Waals surface area contributed by atoms with Crippen molar-refractivity contribution in [3.63, 3.8) is 0 Å². The van der Waals surface area contributed by atoms with E-state index in [2.05, 4.69) is 90.6 Å². The fraction of sp³-hybridized carbons (Fsp3) is 0.685. The normalized spacial score (nSPS) is 35.7. The molecular weight excluding hydrogens is 1250 g/mol. The van der Waals surface area contributed by atoms with Gasteiger partial charge in [0, 0.05) is 18.6 Å². The summed E-state index contributed by atoms with van der Waals surface area (Å²) in [4.78, 5) is 13.6. The number of fused-ring (bicyclic) bond motifs is 5. The second-order valence-corrected chi connectivity index (χ2v) is 41.9. The van der Waals surface area contributed by atoms with Gasteiger partial charge in [0.2, 0.25) is 0 Å².